The van der Waals surface area contributed by atoms with Crippen molar-refractivity contribution in [3.63, 3.8) is 0 Å². The normalized spacial score (nSPS) is 12.7. The van der Waals surface area contributed by atoms with E-state index in [0.29, 0.717) is 5.92 Å². The molecule has 0 saturated carbocycles. The molecule has 0 aliphatic carbocycles. The molecule has 0 spiro atoms. The first kappa shape index (κ1) is 13.9. The van der Waals surface area contributed by atoms with Gasteiger partial charge in [-0.15, -0.1) is 0 Å². The van der Waals surface area contributed by atoms with Crippen LogP contribution in [0.5, 0.6) is 0 Å². The highest BCUT2D eigenvalue weighted by molar-refractivity contribution is 7.09. The SMILES string of the molecule is CC(C)c1nsc(N(C)C(C)c2ccc(F)cc2)n1. The summed E-state index contributed by atoms with van der Waals surface area (Å²) in [4.78, 5) is 6.60. The quantitative estimate of drug-likeness (QED) is 0.847. The van der Waals surface area contributed by atoms with Gasteiger partial charge in [-0.2, -0.15) is 4.37 Å². The van der Waals surface area contributed by atoms with Crippen LogP contribution in [0.2, 0.25) is 0 Å². The Morgan fingerprint density at radius 2 is 1.79 bits per heavy atom. The van der Waals surface area contributed by atoms with Crippen LogP contribution >= 0.6 is 11.5 Å². The second kappa shape index (κ2) is 5.65. The number of nitrogens with zero attached hydrogens (tertiary/aromatic N) is 3. The minimum Gasteiger partial charge on any atom is -0.343 e. The van der Waals surface area contributed by atoms with Gasteiger partial charge in [0.05, 0.1) is 6.04 Å². The summed E-state index contributed by atoms with van der Waals surface area (Å²) in [6.45, 7) is 6.23. The van der Waals surface area contributed by atoms with E-state index in [9.17, 15) is 4.39 Å². The van der Waals surface area contributed by atoms with Gasteiger partial charge in [0.1, 0.15) is 11.6 Å². The molecular weight excluding hydrogens is 261 g/mol. The maximum absolute atomic E-state index is 12.9. The van der Waals surface area contributed by atoms with Crippen molar-refractivity contribution < 1.29 is 4.39 Å². The van der Waals surface area contributed by atoms with E-state index in [1.54, 1.807) is 12.1 Å². The molecule has 0 bridgehead atoms. The van der Waals surface area contributed by atoms with Crippen LogP contribution in [0.15, 0.2) is 24.3 Å². The van der Waals surface area contributed by atoms with Crippen LogP contribution < -0.4 is 4.90 Å². The Morgan fingerprint density at radius 3 is 2.32 bits per heavy atom. The fraction of sp³-hybridized carbons (Fsp3) is 0.429. The number of aromatic nitrogens is 2. The van der Waals surface area contributed by atoms with Crippen molar-refractivity contribution in [1.82, 2.24) is 9.36 Å². The summed E-state index contributed by atoms with van der Waals surface area (Å²) in [6.07, 6.45) is 0. The van der Waals surface area contributed by atoms with Gasteiger partial charge < -0.3 is 4.90 Å². The number of hydrogen-bond donors (Lipinski definition) is 0. The molecule has 0 N–H and O–H groups in total. The van der Waals surface area contributed by atoms with E-state index in [-0.39, 0.29) is 11.9 Å². The Morgan fingerprint density at radius 1 is 1.16 bits per heavy atom. The smallest absolute Gasteiger partial charge is 0.205 e. The van der Waals surface area contributed by atoms with Crippen molar-refractivity contribution in [1.29, 1.82) is 0 Å². The lowest BCUT2D eigenvalue weighted by molar-refractivity contribution is 0.625. The lowest BCUT2D eigenvalue weighted by Gasteiger charge is -2.24. The Hall–Kier alpha value is -1.49. The van der Waals surface area contributed by atoms with Crippen molar-refractivity contribution in [3.8, 4) is 0 Å². The van der Waals surface area contributed by atoms with Crippen molar-refractivity contribution in [2.75, 3.05) is 11.9 Å². The average molecular weight is 279 g/mol. The highest BCUT2D eigenvalue weighted by atomic mass is 32.1. The van der Waals surface area contributed by atoms with Crippen LogP contribution in [0.25, 0.3) is 0 Å². The molecule has 1 unspecified atom stereocenters. The van der Waals surface area contributed by atoms with E-state index in [1.165, 1.54) is 23.7 Å². The van der Waals surface area contributed by atoms with E-state index in [4.69, 9.17) is 0 Å². The van der Waals surface area contributed by atoms with Gasteiger partial charge in [0, 0.05) is 24.5 Å². The Labute approximate surface area is 117 Å². The third kappa shape index (κ3) is 3.10. The van der Waals surface area contributed by atoms with E-state index in [2.05, 4.69) is 35.0 Å². The van der Waals surface area contributed by atoms with Gasteiger partial charge in [-0.25, -0.2) is 9.37 Å². The lowest BCUT2D eigenvalue weighted by Crippen LogP contribution is -2.21. The van der Waals surface area contributed by atoms with E-state index in [1.807, 2.05) is 7.05 Å². The van der Waals surface area contributed by atoms with Crippen LogP contribution in [-0.4, -0.2) is 16.4 Å². The minimum atomic E-state index is -0.211. The van der Waals surface area contributed by atoms with E-state index >= 15 is 0 Å². The highest BCUT2D eigenvalue weighted by Gasteiger charge is 2.17. The molecule has 0 amide bonds. The number of rotatable bonds is 4. The van der Waals surface area contributed by atoms with Gasteiger partial charge in [-0.3, -0.25) is 0 Å². The zero-order valence-corrected chi connectivity index (χ0v) is 12.4. The zero-order valence-electron chi connectivity index (χ0n) is 11.6. The third-order valence-electron chi connectivity index (χ3n) is 3.18. The van der Waals surface area contributed by atoms with Crippen molar-refractivity contribution in [2.45, 2.75) is 32.7 Å². The number of anilines is 1. The molecule has 19 heavy (non-hydrogen) atoms. The predicted octanol–water partition coefficient (Wildman–Crippen LogP) is 4.00. The molecule has 0 radical (unpaired) electrons. The Balaban J connectivity index is 2.17. The number of hydrogen-bond acceptors (Lipinski definition) is 4. The molecule has 0 saturated heterocycles. The fourth-order valence-electron chi connectivity index (χ4n) is 1.73. The number of benzene rings is 1. The van der Waals surface area contributed by atoms with Gasteiger partial charge in [0.2, 0.25) is 5.13 Å². The summed E-state index contributed by atoms with van der Waals surface area (Å²) in [5.41, 5.74) is 1.06. The first-order valence-corrected chi connectivity index (χ1v) is 7.08. The standard InChI is InChI=1S/C14H18FN3S/c1-9(2)13-16-14(19-17-13)18(4)10(3)11-5-7-12(15)8-6-11/h5-10H,1-4H3. The first-order valence-electron chi connectivity index (χ1n) is 6.31. The lowest BCUT2D eigenvalue weighted by atomic mass is 10.1. The minimum absolute atomic E-state index is 0.133. The van der Waals surface area contributed by atoms with Crippen molar-refractivity contribution in [2.24, 2.45) is 0 Å². The van der Waals surface area contributed by atoms with Crippen LogP contribution in [0, 0.1) is 5.82 Å². The van der Waals surface area contributed by atoms with Crippen molar-refractivity contribution in [3.05, 3.63) is 41.5 Å². The molecular formula is C14H18FN3S. The van der Waals surface area contributed by atoms with Gasteiger partial charge in [0.25, 0.3) is 0 Å². The third-order valence-corrected chi connectivity index (χ3v) is 4.00. The van der Waals surface area contributed by atoms with Gasteiger partial charge in [-0.05, 0) is 24.6 Å². The number of halogens is 1. The summed E-state index contributed by atoms with van der Waals surface area (Å²) in [6, 6.07) is 6.72. The average Bonchev–Trinajstić information content (AvgIpc) is 2.87. The second-order valence-electron chi connectivity index (χ2n) is 4.93. The highest BCUT2D eigenvalue weighted by Crippen LogP contribution is 2.28. The Kier molecular flexibility index (Phi) is 4.14. The van der Waals surface area contributed by atoms with E-state index < -0.39 is 0 Å². The maximum Gasteiger partial charge on any atom is 0.205 e. The second-order valence-corrected chi connectivity index (χ2v) is 5.66. The summed E-state index contributed by atoms with van der Waals surface area (Å²) in [5.74, 6) is 0.995. The van der Waals surface area contributed by atoms with Crippen LogP contribution in [-0.2, 0) is 0 Å². The summed E-state index contributed by atoms with van der Waals surface area (Å²) >= 11 is 1.40. The van der Waals surface area contributed by atoms with Crippen LogP contribution in [0.1, 0.15) is 44.1 Å². The summed E-state index contributed by atoms with van der Waals surface area (Å²) < 4.78 is 17.3. The summed E-state index contributed by atoms with van der Waals surface area (Å²) in [7, 11) is 1.98. The van der Waals surface area contributed by atoms with Gasteiger partial charge >= 0.3 is 0 Å². The largest absolute Gasteiger partial charge is 0.343 e. The zero-order chi connectivity index (χ0) is 14.0. The molecule has 1 aromatic carbocycles. The molecule has 0 aliphatic rings. The molecule has 1 heterocycles. The van der Waals surface area contributed by atoms with E-state index in [0.717, 1.165) is 16.5 Å². The monoisotopic (exact) mass is 279 g/mol. The van der Waals surface area contributed by atoms with Crippen molar-refractivity contribution >= 4 is 16.7 Å². The molecule has 0 fully saturated rings. The molecule has 1 aromatic heterocycles. The Bertz CT molecular complexity index is 536. The molecule has 3 nitrogen and oxygen atoms in total. The molecule has 102 valence electrons. The predicted molar refractivity (Wildman–Crippen MR) is 77.2 cm³/mol. The van der Waals surface area contributed by atoms with Gasteiger partial charge in [-0.1, -0.05) is 26.0 Å². The fourth-order valence-corrected chi connectivity index (χ4v) is 2.58. The maximum atomic E-state index is 12.9. The topological polar surface area (TPSA) is 29.0 Å². The molecule has 0 aliphatic heterocycles. The van der Waals surface area contributed by atoms with Crippen LogP contribution in [0.4, 0.5) is 9.52 Å². The van der Waals surface area contributed by atoms with Crippen LogP contribution in [0.3, 0.4) is 0 Å². The first-order chi connectivity index (χ1) is 8.99. The van der Waals surface area contributed by atoms with Gasteiger partial charge in [0.15, 0.2) is 0 Å². The molecule has 1 atom stereocenters. The molecule has 2 rings (SSSR count). The molecule has 2 aromatic rings. The summed E-state index contributed by atoms with van der Waals surface area (Å²) in [5, 5.41) is 0.889. The molecule has 5 heteroatoms.